The van der Waals surface area contributed by atoms with Gasteiger partial charge >= 0.3 is 0 Å². The molecule has 30 heavy (non-hydrogen) atoms. The summed E-state index contributed by atoms with van der Waals surface area (Å²) in [4.78, 5) is 1.73. The van der Waals surface area contributed by atoms with Crippen molar-refractivity contribution in [1.29, 1.82) is 0 Å². The van der Waals surface area contributed by atoms with Gasteiger partial charge in [0.05, 0.1) is 17.7 Å². The fraction of sp³-hybridized carbons (Fsp3) is 0.217. The van der Waals surface area contributed by atoms with Crippen LogP contribution in [0.1, 0.15) is 22.8 Å². The number of halogens is 1. The maximum atomic E-state index is 11.6. The molecular formula is C23H24ClNO4S. The second kappa shape index (κ2) is 11.0. The summed E-state index contributed by atoms with van der Waals surface area (Å²) in [6.07, 6.45) is -0.854. The van der Waals surface area contributed by atoms with Gasteiger partial charge < -0.3 is 14.7 Å². The molecule has 0 saturated heterocycles. The Hall–Kier alpha value is -2.54. The second-order valence-electron chi connectivity index (χ2n) is 6.83. The summed E-state index contributed by atoms with van der Waals surface area (Å²) in [6.45, 7) is 0.722. The number of hydrogen-bond acceptors (Lipinski definition) is 5. The predicted octanol–water partition coefficient (Wildman–Crippen LogP) is 4.11. The van der Waals surface area contributed by atoms with Crippen LogP contribution in [0.25, 0.3) is 0 Å². The molecule has 5 nitrogen and oxygen atoms in total. The molecule has 0 unspecified atom stereocenters. The van der Waals surface area contributed by atoms with Gasteiger partial charge in [-0.3, -0.25) is 0 Å². The number of anilines is 1. The molecule has 0 heterocycles. The van der Waals surface area contributed by atoms with Crippen molar-refractivity contribution in [3.8, 4) is 5.75 Å². The Labute approximate surface area is 183 Å². The largest absolute Gasteiger partial charge is 0.487 e. The van der Waals surface area contributed by atoms with E-state index < -0.39 is 16.8 Å². The molecule has 0 amide bonds. The Morgan fingerprint density at radius 2 is 1.57 bits per heavy atom. The van der Waals surface area contributed by atoms with Crippen molar-refractivity contribution in [2.75, 3.05) is 16.7 Å². The highest BCUT2D eigenvalue weighted by atomic mass is 35.5. The van der Waals surface area contributed by atoms with E-state index in [2.05, 4.69) is 0 Å². The van der Waals surface area contributed by atoms with Crippen molar-refractivity contribution < 1.29 is 18.3 Å². The minimum atomic E-state index is -2.67. The standard InChI is InChI=1S/C23H24ClNO4S/c24-14-22(26)20-11-12-23(29-16-19-9-5-2-6-10-19)21(13-20)25(17-30(27)28)15-18-7-3-1-4-8-18/h1-13,22,26,30H,14-17H2/t22-/m0/s1. The quantitative estimate of drug-likeness (QED) is 0.363. The van der Waals surface area contributed by atoms with Crippen molar-refractivity contribution in [2.24, 2.45) is 0 Å². The number of thiol groups is 1. The third-order valence-corrected chi connectivity index (χ3v) is 5.46. The molecule has 3 aromatic rings. The highest BCUT2D eigenvalue weighted by Gasteiger charge is 2.18. The van der Waals surface area contributed by atoms with Crippen LogP contribution in [0.5, 0.6) is 5.75 Å². The average Bonchev–Trinajstić information content (AvgIpc) is 2.77. The van der Waals surface area contributed by atoms with E-state index in [4.69, 9.17) is 16.3 Å². The van der Waals surface area contributed by atoms with Crippen LogP contribution in [0.3, 0.4) is 0 Å². The lowest BCUT2D eigenvalue weighted by Crippen LogP contribution is -2.25. The van der Waals surface area contributed by atoms with Gasteiger partial charge in [-0.25, -0.2) is 8.42 Å². The first-order chi connectivity index (χ1) is 14.6. The summed E-state index contributed by atoms with van der Waals surface area (Å²) in [5.74, 6) is 0.405. The smallest absolute Gasteiger partial charge is 0.158 e. The molecule has 0 saturated carbocycles. The molecular weight excluding hydrogens is 422 g/mol. The van der Waals surface area contributed by atoms with E-state index in [0.717, 1.165) is 11.1 Å². The van der Waals surface area contributed by atoms with Crippen LogP contribution < -0.4 is 9.64 Å². The van der Waals surface area contributed by atoms with E-state index in [9.17, 15) is 13.5 Å². The molecule has 1 N–H and O–H groups in total. The molecule has 0 bridgehead atoms. The number of hydrogen-bond donors (Lipinski definition) is 2. The Balaban J connectivity index is 1.96. The topological polar surface area (TPSA) is 66.8 Å². The number of alkyl halides is 1. The van der Waals surface area contributed by atoms with Gasteiger partial charge in [-0.2, -0.15) is 0 Å². The lowest BCUT2D eigenvalue weighted by Gasteiger charge is -2.26. The molecule has 158 valence electrons. The third-order valence-electron chi connectivity index (χ3n) is 4.59. The molecule has 0 spiro atoms. The fourth-order valence-corrected chi connectivity index (χ4v) is 3.80. The van der Waals surface area contributed by atoms with Crippen LogP contribution in [-0.4, -0.2) is 25.3 Å². The number of nitrogens with zero attached hydrogens (tertiary/aromatic N) is 1. The first kappa shape index (κ1) is 22.2. The molecule has 0 aliphatic heterocycles. The van der Waals surface area contributed by atoms with Gasteiger partial charge in [0.1, 0.15) is 18.2 Å². The number of benzene rings is 3. The first-order valence-corrected chi connectivity index (χ1v) is 11.4. The molecule has 7 heteroatoms. The van der Waals surface area contributed by atoms with Crippen LogP contribution in [0.15, 0.2) is 78.9 Å². The van der Waals surface area contributed by atoms with Gasteiger partial charge in [-0.05, 0) is 28.8 Å². The first-order valence-electron chi connectivity index (χ1n) is 9.52. The van der Waals surface area contributed by atoms with Crippen LogP contribution >= 0.6 is 11.6 Å². The number of ether oxygens (including phenoxy) is 1. The average molecular weight is 446 g/mol. The lowest BCUT2D eigenvalue weighted by molar-refractivity contribution is 0.202. The van der Waals surface area contributed by atoms with Crippen LogP contribution in [0, 0.1) is 0 Å². The van der Waals surface area contributed by atoms with E-state index in [1.165, 1.54) is 0 Å². The summed E-state index contributed by atoms with van der Waals surface area (Å²) < 4.78 is 29.3. The second-order valence-corrected chi connectivity index (χ2v) is 8.09. The van der Waals surface area contributed by atoms with Gasteiger partial charge in [0.2, 0.25) is 0 Å². The molecule has 0 fully saturated rings. The van der Waals surface area contributed by atoms with Crippen LogP contribution in [-0.2, 0) is 23.9 Å². The van der Waals surface area contributed by atoms with Gasteiger partial charge in [-0.1, -0.05) is 66.7 Å². The summed E-state index contributed by atoms with van der Waals surface area (Å²) in [6, 6.07) is 24.6. The summed E-state index contributed by atoms with van der Waals surface area (Å²) >= 11 is 5.82. The van der Waals surface area contributed by atoms with E-state index >= 15 is 0 Å². The van der Waals surface area contributed by atoms with Crippen molar-refractivity contribution in [3.05, 3.63) is 95.6 Å². The summed E-state index contributed by atoms with van der Waals surface area (Å²) in [5, 5.41) is 10.2. The summed E-state index contributed by atoms with van der Waals surface area (Å²) in [5.41, 5.74) is 3.16. The number of aliphatic hydroxyl groups excluding tert-OH is 1. The minimum absolute atomic E-state index is 0.0398. The van der Waals surface area contributed by atoms with Gasteiger partial charge in [0.25, 0.3) is 0 Å². The van der Waals surface area contributed by atoms with E-state index in [-0.39, 0.29) is 11.8 Å². The molecule has 0 aromatic heterocycles. The van der Waals surface area contributed by atoms with E-state index in [0.29, 0.717) is 30.2 Å². The fourth-order valence-electron chi connectivity index (χ4n) is 3.09. The molecule has 3 aromatic carbocycles. The van der Waals surface area contributed by atoms with Crippen LogP contribution in [0.4, 0.5) is 5.69 Å². The zero-order valence-corrected chi connectivity index (χ0v) is 18.0. The molecule has 0 aliphatic carbocycles. The van der Waals surface area contributed by atoms with Crippen molar-refractivity contribution >= 4 is 28.0 Å². The maximum absolute atomic E-state index is 11.6. The Morgan fingerprint density at radius 3 is 2.17 bits per heavy atom. The molecule has 0 aliphatic rings. The van der Waals surface area contributed by atoms with Gasteiger partial charge in [-0.15, -0.1) is 11.6 Å². The number of aliphatic hydroxyl groups is 1. The summed E-state index contributed by atoms with van der Waals surface area (Å²) in [7, 11) is -2.67. The highest BCUT2D eigenvalue weighted by Crippen LogP contribution is 2.33. The predicted molar refractivity (Wildman–Crippen MR) is 121 cm³/mol. The molecule has 1 atom stereocenters. The van der Waals surface area contributed by atoms with E-state index in [1.54, 1.807) is 23.1 Å². The SMILES string of the molecule is O=[SH](=O)CN(Cc1ccccc1)c1cc([C@@H](O)CCl)ccc1OCc1ccccc1. The zero-order chi connectivity index (χ0) is 21.3. The highest BCUT2D eigenvalue weighted by molar-refractivity contribution is 7.72. The Bertz CT molecular complexity index is 1000. The lowest BCUT2D eigenvalue weighted by atomic mass is 10.1. The van der Waals surface area contributed by atoms with Crippen molar-refractivity contribution in [2.45, 2.75) is 19.3 Å². The van der Waals surface area contributed by atoms with Gasteiger partial charge in [0, 0.05) is 6.54 Å². The normalized spacial score (nSPS) is 12.0. The minimum Gasteiger partial charge on any atom is -0.487 e. The zero-order valence-electron chi connectivity index (χ0n) is 16.4. The van der Waals surface area contributed by atoms with E-state index in [1.807, 2.05) is 60.7 Å². The maximum Gasteiger partial charge on any atom is 0.158 e. The Morgan fingerprint density at radius 1 is 0.933 bits per heavy atom. The third kappa shape index (κ3) is 6.23. The van der Waals surface area contributed by atoms with Crippen LogP contribution in [0.2, 0.25) is 0 Å². The molecule has 3 rings (SSSR count). The molecule has 0 radical (unpaired) electrons. The van der Waals surface area contributed by atoms with Crippen molar-refractivity contribution in [3.63, 3.8) is 0 Å². The van der Waals surface area contributed by atoms with Crippen molar-refractivity contribution in [1.82, 2.24) is 0 Å². The monoisotopic (exact) mass is 445 g/mol. The Kier molecular flexibility index (Phi) is 8.13. The number of rotatable bonds is 10. The van der Waals surface area contributed by atoms with Gasteiger partial charge in [0.15, 0.2) is 10.7 Å².